The molecule has 3 heteroatoms. The average molecular weight is 131 g/mol. The lowest BCUT2D eigenvalue weighted by Crippen LogP contribution is -1.53. The molecule has 0 unspecified atom stereocenters. The molecule has 5 heavy (non-hydrogen) atoms. The molecule has 0 atom stereocenters. The first kappa shape index (κ1) is 17.1. The smallest absolute Gasteiger partial charge is 0.0307 e. The van der Waals surface area contributed by atoms with Gasteiger partial charge in [-0.2, -0.15) is 0 Å². The van der Waals surface area contributed by atoms with Crippen LogP contribution in [-0.2, 0) is 0 Å². The quantitative estimate of drug-likeness (QED) is 0.438. The fourth-order valence-corrected chi connectivity index (χ4v) is 0. The SMILES string of the molecule is C[Si]C.Cl.Cl. The van der Waals surface area contributed by atoms with E-state index in [0.29, 0.717) is 0 Å². The number of hydrogen-bond acceptors (Lipinski definition) is 0. The zero-order valence-electron chi connectivity index (χ0n) is 3.32. The summed E-state index contributed by atoms with van der Waals surface area (Å²) < 4.78 is 0. The molecule has 0 aromatic carbocycles. The van der Waals surface area contributed by atoms with E-state index in [2.05, 4.69) is 13.1 Å². The van der Waals surface area contributed by atoms with Crippen molar-refractivity contribution in [1.82, 2.24) is 0 Å². The van der Waals surface area contributed by atoms with Crippen LogP contribution in [0, 0.1) is 0 Å². The predicted octanol–water partition coefficient (Wildman–Crippen LogP) is 1.63. The highest BCUT2D eigenvalue weighted by Gasteiger charge is 1.39. The summed E-state index contributed by atoms with van der Waals surface area (Å²) >= 11 is 0. The molecule has 0 N–H and O–H groups in total. The summed E-state index contributed by atoms with van der Waals surface area (Å²) in [6, 6.07) is 0. The van der Waals surface area contributed by atoms with Crippen LogP contribution in [0.5, 0.6) is 0 Å². The first-order valence-electron chi connectivity index (χ1n) is 1.00. The van der Waals surface area contributed by atoms with Gasteiger partial charge in [0.15, 0.2) is 0 Å². The van der Waals surface area contributed by atoms with E-state index in [0.717, 1.165) is 9.52 Å². The summed E-state index contributed by atoms with van der Waals surface area (Å²) in [5, 5.41) is 0. The molecule has 0 spiro atoms. The summed E-state index contributed by atoms with van der Waals surface area (Å²) in [7, 11) is 1.08. The third kappa shape index (κ3) is 59.1. The van der Waals surface area contributed by atoms with Crippen molar-refractivity contribution in [1.29, 1.82) is 0 Å². The molecule has 0 rings (SSSR count). The second-order valence-corrected chi connectivity index (χ2v) is 1.50. The van der Waals surface area contributed by atoms with E-state index < -0.39 is 0 Å². The second-order valence-electron chi connectivity index (χ2n) is 0.500. The summed E-state index contributed by atoms with van der Waals surface area (Å²) in [6.07, 6.45) is 0. The second kappa shape index (κ2) is 21.4. The zero-order chi connectivity index (χ0) is 2.71. The van der Waals surface area contributed by atoms with E-state index in [-0.39, 0.29) is 24.8 Å². The first-order chi connectivity index (χ1) is 1.41. The maximum Gasteiger partial charge on any atom is 0.0307 e. The van der Waals surface area contributed by atoms with Gasteiger partial charge in [-0.1, -0.05) is 13.1 Å². The Labute approximate surface area is 48.0 Å². The molecule has 34 valence electrons. The average Bonchev–Trinajstić information content (AvgIpc) is 0.918. The maximum absolute atomic E-state index is 2.15. The number of halogens is 2. The van der Waals surface area contributed by atoms with Gasteiger partial charge in [-0.05, 0) is 0 Å². The van der Waals surface area contributed by atoms with E-state index in [4.69, 9.17) is 0 Å². The lowest BCUT2D eigenvalue weighted by molar-refractivity contribution is 2.14. The minimum absolute atomic E-state index is 0. The van der Waals surface area contributed by atoms with Crippen molar-refractivity contribution in [2.24, 2.45) is 0 Å². The van der Waals surface area contributed by atoms with Gasteiger partial charge in [0.2, 0.25) is 0 Å². The van der Waals surface area contributed by atoms with Crippen molar-refractivity contribution in [2.45, 2.75) is 13.1 Å². The van der Waals surface area contributed by atoms with Crippen LogP contribution in [0.15, 0.2) is 0 Å². The highest BCUT2D eigenvalue weighted by Crippen LogP contribution is 1.36. The molecule has 0 aromatic heterocycles. The molecular weight excluding hydrogens is 123 g/mol. The van der Waals surface area contributed by atoms with Crippen molar-refractivity contribution < 1.29 is 0 Å². The van der Waals surface area contributed by atoms with E-state index in [1.807, 2.05) is 0 Å². The molecule has 2 radical (unpaired) electrons. The minimum Gasteiger partial charge on any atom is -0.147 e. The van der Waals surface area contributed by atoms with Crippen molar-refractivity contribution in [2.75, 3.05) is 0 Å². The number of rotatable bonds is 0. The van der Waals surface area contributed by atoms with Crippen molar-refractivity contribution in [3.63, 3.8) is 0 Å². The maximum atomic E-state index is 2.15. The Balaban J connectivity index is -0.0000000200. The lowest BCUT2D eigenvalue weighted by atomic mass is 11.9. The van der Waals surface area contributed by atoms with Gasteiger partial charge in [0.25, 0.3) is 0 Å². The molecule has 0 saturated carbocycles. The van der Waals surface area contributed by atoms with Gasteiger partial charge in [-0.3, -0.25) is 0 Å². The van der Waals surface area contributed by atoms with Gasteiger partial charge in [-0.15, -0.1) is 24.8 Å². The molecule has 0 saturated heterocycles. The zero-order valence-corrected chi connectivity index (χ0v) is 5.95. The highest BCUT2D eigenvalue weighted by atomic mass is 35.5. The van der Waals surface area contributed by atoms with Crippen molar-refractivity contribution in [3.05, 3.63) is 0 Å². The Kier molecular flexibility index (Phi) is 73.0. The molecule has 0 aliphatic rings. The predicted molar refractivity (Wildman–Crippen MR) is 32.0 cm³/mol. The summed E-state index contributed by atoms with van der Waals surface area (Å²) in [5.74, 6) is 0. The molecular formula is C2H8Cl2Si. The first-order valence-corrected chi connectivity index (χ1v) is 3.00. The molecule has 0 amide bonds. The molecule has 0 bridgehead atoms. The summed E-state index contributed by atoms with van der Waals surface area (Å²) in [6.45, 7) is 4.31. The third-order valence-electron chi connectivity index (χ3n) is 0. The molecule has 0 aliphatic heterocycles. The van der Waals surface area contributed by atoms with Gasteiger partial charge in [0, 0.05) is 9.52 Å². The fourth-order valence-electron chi connectivity index (χ4n) is 0. The summed E-state index contributed by atoms with van der Waals surface area (Å²) in [5.41, 5.74) is 0. The largest absolute Gasteiger partial charge is 0.147 e. The van der Waals surface area contributed by atoms with E-state index in [1.165, 1.54) is 0 Å². The van der Waals surface area contributed by atoms with Crippen molar-refractivity contribution >= 4 is 34.3 Å². The van der Waals surface area contributed by atoms with Crippen LogP contribution in [0.3, 0.4) is 0 Å². The molecule has 0 heterocycles. The van der Waals surface area contributed by atoms with Crippen LogP contribution in [-0.4, -0.2) is 9.52 Å². The summed E-state index contributed by atoms with van der Waals surface area (Å²) in [4.78, 5) is 0. The standard InChI is InChI=1S/C2H6Si.2ClH/c1-3-2;;/h1-2H3;2*1H. The topological polar surface area (TPSA) is 0 Å². The lowest BCUT2D eigenvalue weighted by Gasteiger charge is -1.44. The molecule has 0 aliphatic carbocycles. The minimum atomic E-state index is 0. The highest BCUT2D eigenvalue weighted by molar-refractivity contribution is 6.31. The van der Waals surface area contributed by atoms with Crippen LogP contribution < -0.4 is 0 Å². The van der Waals surface area contributed by atoms with Crippen LogP contribution >= 0.6 is 24.8 Å². The molecule has 0 fully saturated rings. The Morgan fingerprint density at radius 2 is 1.00 bits per heavy atom. The van der Waals surface area contributed by atoms with Gasteiger partial charge >= 0.3 is 0 Å². The normalized spacial score (nSPS) is 3.60. The molecule has 0 nitrogen and oxygen atoms in total. The van der Waals surface area contributed by atoms with Crippen LogP contribution in [0.25, 0.3) is 0 Å². The van der Waals surface area contributed by atoms with E-state index in [1.54, 1.807) is 0 Å². The van der Waals surface area contributed by atoms with Crippen LogP contribution in [0.4, 0.5) is 0 Å². The van der Waals surface area contributed by atoms with E-state index >= 15 is 0 Å². The Morgan fingerprint density at radius 3 is 1.00 bits per heavy atom. The molecule has 0 aromatic rings. The van der Waals surface area contributed by atoms with E-state index in [9.17, 15) is 0 Å². The van der Waals surface area contributed by atoms with Crippen molar-refractivity contribution in [3.8, 4) is 0 Å². The Morgan fingerprint density at radius 1 is 1.00 bits per heavy atom. The monoisotopic (exact) mass is 130 g/mol. The Bertz CT molecular complexity index is 7.61. The van der Waals surface area contributed by atoms with Crippen LogP contribution in [0.1, 0.15) is 0 Å². The van der Waals surface area contributed by atoms with Gasteiger partial charge in [0.1, 0.15) is 0 Å². The Hall–Kier alpha value is 0.797. The fraction of sp³-hybridized carbons (Fsp3) is 1.00. The number of hydrogen-bond donors (Lipinski definition) is 0. The third-order valence-corrected chi connectivity index (χ3v) is 0. The van der Waals surface area contributed by atoms with Gasteiger partial charge < -0.3 is 0 Å². The van der Waals surface area contributed by atoms with Gasteiger partial charge in [-0.25, -0.2) is 0 Å². The van der Waals surface area contributed by atoms with Gasteiger partial charge in [0.05, 0.1) is 0 Å². The van der Waals surface area contributed by atoms with Crippen LogP contribution in [0.2, 0.25) is 13.1 Å².